The molecule has 1 saturated heterocycles. The van der Waals surface area contributed by atoms with Crippen LogP contribution in [0.2, 0.25) is 0 Å². The third-order valence-corrected chi connectivity index (χ3v) is 6.77. The van der Waals surface area contributed by atoms with Gasteiger partial charge in [0, 0.05) is 49.0 Å². The van der Waals surface area contributed by atoms with Crippen LogP contribution >= 0.6 is 0 Å². The van der Waals surface area contributed by atoms with Crippen molar-refractivity contribution in [2.45, 2.75) is 66.8 Å². The number of ether oxygens (including phenoxy) is 1. The average Bonchev–Trinajstić information content (AvgIpc) is 3.22. The first kappa shape index (κ1) is 24.2. The minimum atomic E-state index is 0.148. The van der Waals surface area contributed by atoms with Crippen molar-refractivity contribution >= 4 is 5.91 Å². The summed E-state index contributed by atoms with van der Waals surface area (Å²) >= 11 is 0. The lowest BCUT2D eigenvalue weighted by Gasteiger charge is -2.21. The second kappa shape index (κ2) is 10.4. The fourth-order valence-electron chi connectivity index (χ4n) is 4.71. The van der Waals surface area contributed by atoms with E-state index in [0.29, 0.717) is 12.3 Å². The molecule has 6 nitrogen and oxygen atoms in total. The average molecular weight is 439 g/mol. The van der Waals surface area contributed by atoms with E-state index in [1.165, 1.54) is 16.7 Å². The molecule has 0 radical (unpaired) electrons. The van der Waals surface area contributed by atoms with Crippen LogP contribution in [0.25, 0.3) is 0 Å². The molecule has 1 aromatic carbocycles. The summed E-state index contributed by atoms with van der Waals surface area (Å²) in [6.45, 7) is 16.7. The highest BCUT2D eigenvalue weighted by Crippen LogP contribution is 2.29. The molecule has 1 aliphatic rings. The Kier molecular flexibility index (Phi) is 7.88. The van der Waals surface area contributed by atoms with Crippen molar-refractivity contribution in [3.8, 4) is 5.75 Å². The van der Waals surface area contributed by atoms with Crippen LogP contribution < -0.4 is 4.74 Å². The van der Waals surface area contributed by atoms with Crippen LogP contribution in [0.1, 0.15) is 65.7 Å². The molecule has 2 heterocycles. The molecule has 1 aliphatic heterocycles. The molecular formula is C26H38N4O2. The highest BCUT2D eigenvalue weighted by molar-refractivity contribution is 5.79. The lowest BCUT2D eigenvalue weighted by atomic mass is 10.0. The first-order chi connectivity index (χ1) is 15.3. The molecule has 0 spiro atoms. The van der Waals surface area contributed by atoms with Crippen LogP contribution in [-0.4, -0.2) is 59.0 Å². The van der Waals surface area contributed by atoms with Gasteiger partial charge in [0.25, 0.3) is 0 Å². The molecule has 1 amide bonds. The molecular weight excluding hydrogens is 400 g/mol. The summed E-state index contributed by atoms with van der Waals surface area (Å²) in [7, 11) is 1.72. The molecule has 174 valence electrons. The Labute approximate surface area is 193 Å². The van der Waals surface area contributed by atoms with Crippen LogP contribution in [0.15, 0.2) is 12.1 Å². The van der Waals surface area contributed by atoms with Crippen molar-refractivity contribution < 1.29 is 9.53 Å². The number of carbonyl (C=O) groups is 1. The number of nitrogens with zero attached hydrogens (tertiary/aromatic N) is 4. The van der Waals surface area contributed by atoms with Gasteiger partial charge in [-0.25, -0.2) is 9.97 Å². The molecule has 1 aromatic heterocycles. The number of rotatable bonds is 8. The van der Waals surface area contributed by atoms with E-state index in [9.17, 15) is 4.79 Å². The van der Waals surface area contributed by atoms with Gasteiger partial charge in [-0.2, -0.15) is 0 Å². The Hall–Kier alpha value is -2.47. The summed E-state index contributed by atoms with van der Waals surface area (Å²) in [5, 5.41) is 0. The number of aromatic nitrogens is 2. The minimum absolute atomic E-state index is 0.148. The standard InChI is InChI=1S/C26H38N4O2/c1-8-30(9-2)25(31)14-23-19(5)27-26(28-20(23)6)21-10-11-29(15-21)16-22-12-18(4)24(32-7)13-17(22)3/h12-13,21H,8-11,14-16H2,1-7H3. The highest BCUT2D eigenvalue weighted by atomic mass is 16.5. The molecule has 1 fully saturated rings. The van der Waals surface area contributed by atoms with Crippen molar-refractivity contribution in [3.63, 3.8) is 0 Å². The number of likely N-dealkylation sites (tertiary alicyclic amines) is 1. The van der Waals surface area contributed by atoms with Crippen molar-refractivity contribution in [3.05, 3.63) is 51.6 Å². The Bertz CT molecular complexity index is 946. The Morgan fingerprint density at radius 2 is 1.75 bits per heavy atom. The number of aryl methyl sites for hydroxylation is 4. The number of benzene rings is 1. The van der Waals surface area contributed by atoms with Gasteiger partial charge >= 0.3 is 0 Å². The van der Waals surface area contributed by atoms with E-state index in [2.05, 4.69) is 30.9 Å². The Morgan fingerprint density at radius 3 is 2.34 bits per heavy atom. The normalized spacial score (nSPS) is 16.4. The van der Waals surface area contributed by atoms with E-state index in [1.54, 1.807) is 7.11 Å². The van der Waals surface area contributed by atoms with E-state index in [-0.39, 0.29) is 5.91 Å². The molecule has 0 aliphatic carbocycles. The number of carbonyl (C=O) groups excluding carboxylic acids is 1. The van der Waals surface area contributed by atoms with Crippen molar-refractivity contribution in [2.75, 3.05) is 33.3 Å². The van der Waals surface area contributed by atoms with Gasteiger partial charge in [0.05, 0.1) is 13.5 Å². The SMILES string of the molecule is CCN(CC)C(=O)Cc1c(C)nc(C2CCN(Cc3cc(C)c(OC)cc3C)C2)nc1C. The summed E-state index contributed by atoms with van der Waals surface area (Å²) in [6.07, 6.45) is 1.44. The predicted molar refractivity (Wildman–Crippen MR) is 128 cm³/mol. The first-order valence-corrected chi connectivity index (χ1v) is 11.8. The summed E-state index contributed by atoms with van der Waals surface area (Å²) in [4.78, 5) is 26.6. The molecule has 0 bridgehead atoms. The van der Waals surface area contributed by atoms with E-state index in [1.807, 2.05) is 32.6 Å². The fraction of sp³-hybridized carbons (Fsp3) is 0.577. The van der Waals surface area contributed by atoms with Gasteiger partial charge in [-0.15, -0.1) is 0 Å². The quantitative estimate of drug-likeness (QED) is 0.621. The van der Waals surface area contributed by atoms with Gasteiger partial charge in [-0.1, -0.05) is 6.07 Å². The van der Waals surface area contributed by atoms with Crippen molar-refractivity contribution in [1.82, 2.24) is 19.8 Å². The van der Waals surface area contributed by atoms with Crippen LogP contribution in [-0.2, 0) is 17.8 Å². The maximum atomic E-state index is 12.6. The summed E-state index contributed by atoms with van der Waals surface area (Å²) in [6, 6.07) is 4.38. The van der Waals surface area contributed by atoms with E-state index >= 15 is 0 Å². The smallest absolute Gasteiger partial charge is 0.227 e. The Morgan fingerprint density at radius 1 is 1.09 bits per heavy atom. The monoisotopic (exact) mass is 438 g/mol. The number of likely N-dealkylation sites (N-methyl/N-ethyl adjacent to an activating group) is 1. The summed E-state index contributed by atoms with van der Waals surface area (Å²) < 4.78 is 5.45. The zero-order chi connectivity index (χ0) is 23.4. The van der Waals surface area contributed by atoms with E-state index in [4.69, 9.17) is 14.7 Å². The van der Waals surface area contributed by atoms with Crippen LogP contribution in [0.4, 0.5) is 0 Å². The highest BCUT2D eigenvalue weighted by Gasteiger charge is 2.28. The molecule has 1 unspecified atom stereocenters. The maximum Gasteiger partial charge on any atom is 0.227 e. The molecule has 1 atom stereocenters. The van der Waals surface area contributed by atoms with Gasteiger partial charge < -0.3 is 9.64 Å². The second-order valence-electron chi connectivity index (χ2n) is 8.94. The molecule has 2 aromatic rings. The molecule has 6 heteroatoms. The summed E-state index contributed by atoms with van der Waals surface area (Å²) in [5.74, 6) is 2.35. The molecule has 32 heavy (non-hydrogen) atoms. The Balaban J connectivity index is 1.70. The lowest BCUT2D eigenvalue weighted by Crippen LogP contribution is -2.32. The zero-order valence-corrected chi connectivity index (χ0v) is 20.8. The van der Waals surface area contributed by atoms with Gasteiger partial charge in [0.2, 0.25) is 5.91 Å². The van der Waals surface area contributed by atoms with Crippen LogP contribution in [0.3, 0.4) is 0 Å². The van der Waals surface area contributed by atoms with E-state index in [0.717, 1.165) is 67.7 Å². The topological polar surface area (TPSA) is 58.6 Å². The predicted octanol–water partition coefficient (Wildman–Crippen LogP) is 4.12. The van der Waals surface area contributed by atoms with Gasteiger partial charge in [0.1, 0.15) is 11.6 Å². The first-order valence-electron chi connectivity index (χ1n) is 11.8. The third kappa shape index (κ3) is 5.29. The van der Waals surface area contributed by atoms with Gasteiger partial charge in [-0.05, 0) is 77.3 Å². The molecule has 0 N–H and O–H groups in total. The molecule has 0 saturated carbocycles. The third-order valence-electron chi connectivity index (χ3n) is 6.77. The van der Waals surface area contributed by atoms with E-state index < -0.39 is 0 Å². The van der Waals surface area contributed by atoms with Gasteiger partial charge in [-0.3, -0.25) is 9.69 Å². The van der Waals surface area contributed by atoms with Gasteiger partial charge in [0.15, 0.2) is 0 Å². The van der Waals surface area contributed by atoms with Crippen LogP contribution in [0.5, 0.6) is 5.75 Å². The number of amides is 1. The lowest BCUT2D eigenvalue weighted by molar-refractivity contribution is -0.130. The molecule has 3 rings (SSSR count). The maximum absolute atomic E-state index is 12.6. The minimum Gasteiger partial charge on any atom is -0.496 e. The fourth-order valence-corrected chi connectivity index (χ4v) is 4.71. The number of hydrogen-bond acceptors (Lipinski definition) is 5. The largest absolute Gasteiger partial charge is 0.496 e. The number of hydrogen-bond donors (Lipinski definition) is 0. The van der Waals surface area contributed by atoms with Crippen molar-refractivity contribution in [2.24, 2.45) is 0 Å². The zero-order valence-electron chi connectivity index (χ0n) is 20.8. The number of methoxy groups -OCH3 is 1. The second-order valence-corrected chi connectivity index (χ2v) is 8.94. The van der Waals surface area contributed by atoms with Crippen LogP contribution in [0, 0.1) is 27.7 Å². The van der Waals surface area contributed by atoms with Crippen molar-refractivity contribution in [1.29, 1.82) is 0 Å². The summed E-state index contributed by atoms with van der Waals surface area (Å²) in [5.41, 5.74) is 6.64.